The number of carbonyl (C=O) groups is 1. The maximum atomic E-state index is 12.7. The fourth-order valence-electron chi connectivity index (χ4n) is 3.54. The highest BCUT2D eigenvalue weighted by molar-refractivity contribution is 5.85. The first-order valence-corrected chi connectivity index (χ1v) is 8.53. The Hall–Kier alpha value is -2.83. The lowest BCUT2D eigenvalue weighted by Crippen LogP contribution is -2.50. The molecule has 2 aromatic rings. The van der Waals surface area contributed by atoms with Gasteiger partial charge in [0.15, 0.2) is 5.82 Å². The van der Waals surface area contributed by atoms with Gasteiger partial charge in [-0.25, -0.2) is 4.98 Å². The molecule has 2 aliphatic rings. The molecule has 130 valence electrons. The maximum Gasteiger partial charge on any atom is 0.290 e. The lowest BCUT2D eigenvalue weighted by molar-refractivity contribution is -0.123. The van der Waals surface area contributed by atoms with Gasteiger partial charge in [0.25, 0.3) is 5.56 Å². The summed E-state index contributed by atoms with van der Waals surface area (Å²) < 4.78 is 5.60. The Morgan fingerprint density at radius 3 is 3.12 bits per heavy atom. The number of carbonyl (C=O) groups excluding carboxylic acids is 1. The summed E-state index contributed by atoms with van der Waals surface area (Å²) in [6, 6.07) is 7.65. The second kappa shape index (κ2) is 6.58. The molecule has 3 heterocycles. The molecule has 1 aromatic heterocycles. The fourth-order valence-corrected chi connectivity index (χ4v) is 3.54. The van der Waals surface area contributed by atoms with Crippen LogP contribution in [0.3, 0.4) is 0 Å². The zero-order valence-corrected chi connectivity index (χ0v) is 13.8. The van der Waals surface area contributed by atoms with Crippen molar-refractivity contribution in [3.8, 4) is 5.75 Å². The molecule has 0 radical (unpaired) electrons. The molecule has 0 saturated carbocycles. The highest BCUT2D eigenvalue weighted by atomic mass is 16.5. The van der Waals surface area contributed by atoms with E-state index in [2.05, 4.69) is 15.3 Å². The Morgan fingerprint density at radius 2 is 2.24 bits per heavy atom. The van der Waals surface area contributed by atoms with E-state index in [-0.39, 0.29) is 23.4 Å². The van der Waals surface area contributed by atoms with Gasteiger partial charge in [-0.3, -0.25) is 9.59 Å². The summed E-state index contributed by atoms with van der Waals surface area (Å²) in [5.41, 5.74) is 0.737. The van der Waals surface area contributed by atoms with Crippen LogP contribution >= 0.6 is 0 Å². The summed E-state index contributed by atoms with van der Waals surface area (Å²) in [5, 5.41) is 3.12. The van der Waals surface area contributed by atoms with Crippen LogP contribution in [-0.4, -0.2) is 41.6 Å². The lowest BCUT2D eigenvalue weighted by Gasteiger charge is -2.33. The van der Waals surface area contributed by atoms with Gasteiger partial charge in [-0.05, 0) is 18.9 Å². The van der Waals surface area contributed by atoms with Gasteiger partial charge in [0.1, 0.15) is 18.3 Å². The van der Waals surface area contributed by atoms with Gasteiger partial charge in [-0.2, -0.15) is 0 Å². The van der Waals surface area contributed by atoms with Crippen LogP contribution in [0.5, 0.6) is 5.75 Å². The number of benzene rings is 1. The molecule has 2 aliphatic heterocycles. The largest absolute Gasteiger partial charge is 0.492 e. The molecule has 1 amide bonds. The van der Waals surface area contributed by atoms with Gasteiger partial charge >= 0.3 is 0 Å². The number of hydrogen-bond acceptors (Lipinski definition) is 5. The van der Waals surface area contributed by atoms with Crippen molar-refractivity contribution in [1.82, 2.24) is 15.3 Å². The second-order valence-corrected chi connectivity index (χ2v) is 6.44. The summed E-state index contributed by atoms with van der Waals surface area (Å²) in [5.74, 6) is 0.903. The Labute approximate surface area is 145 Å². The molecule has 25 heavy (non-hydrogen) atoms. The number of anilines is 1. The van der Waals surface area contributed by atoms with Crippen LogP contribution in [0.15, 0.2) is 41.5 Å². The van der Waals surface area contributed by atoms with Crippen LogP contribution < -0.4 is 20.5 Å². The van der Waals surface area contributed by atoms with E-state index < -0.39 is 0 Å². The van der Waals surface area contributed by atoms with Crippen LogP contribution in [0.4, 0.5) is 5.82 Å². The number of fused-ring (bicyclic) bond motifs is 1. The Kier molecular flexibility index (Phi) is 4.13. The monoisotopic (exact) mass is 340 g/mol. The summed E-state index contributed by atoms with van der Waals surface area (Å²) in [6.45, 7) is 1.73. The van der Waals surface area contributed by atoms with E-state index in [0.29, 0.717) is 19.0 Å². The van der Waals surface area contributed by atoms with E-state index in [1.807, 2.05) is 29.2 Å². The third-order valence-electron chi connectivity index (χ3n) is 4.77. The van der Waals surface area contributed by atoms with E-state index in [9.17, 15) is 9.59 Å². The molecule has 7 heteroatoms. The Balaban J connectivity index is 1.44. The molecule has 1 saturated heterocycles. The van der Waals surface area contributed by atoms with Crippen LogP contribution in [0, 0.1) is 0 Å². The molecule has 0 aliphatic carbocycles. The first-order chi connectivity index (χ1) is 12.2. The molecular weight excluding hydrogens is 320 g/mol. The standard InChI is InChI=1S/C18H20N4O3/c23-17(14-11-25-15-6-2-1-5-13(14)15)21-12-4-3-9-22(10-12)16-18(24)20-8-7-19-16/h1-2,5-8,12,14H,3-4,9-11H2,(H,20,24)(H,21,23)/t12-,14-/m0/s1. The molecule has 0 unspecified atom stereocenters. The highest BCUT2D eigenvalue weighted by Gasteiger charge is 2.32. The molecule has 1 fully saturated rings. The number of aromatic nitrogens is 2. The summed E-state index contributed by atoms with van der Waals surface area (Å²) >= 11 is 0. The van der Waals surface area contributed by atoms with E-state index in [1.54, 1.807) is 6.20 Å². The number of nitrogens with one attached hydrogen (secondary N) is 2. The van der Waals surface area contributed by atoms with Crippen molar-refractivity contribution in [2.75, 3.05) is 24.6 Å². The first-order valence-electron chi connectivity index (χ1n) is 8.53. The Bertz CT molecular complexity index is 835. The minimum atomic E-state index is -0.273. The van der Waals surface area contributed by atoms with Crippen molar-refractivity contribution in [2.45, 2.75) is 24.8 Å². The number of para-hydroxylation sites is 1. The van der Waals surface area contributed by atoms with Gasteiger partial charge in [-0.15, -0.1) is 0 Å². The molecular formula is C18H20N4O3. The zero-order valence-electron chi connectivity index (χ0n) is 13.8. The number of rotatable bonds is 3. The summed E-state index contributed by atoms with van der Waals surface area (Å²) in [7, 11) is 0. The first kappa shape index (κ1) is 15.7. The number of H-pyrrole nitrogens is 1. The smallest absolute Gasteiger partial charge is 0.290 e. The number of aromatic amines is 1. The van der Waals surface area contributed by atoms with E-state index in [0.717, 1.165) is 30.7 Å². The third kappa shape index (κ3) is 3.09. The third-order valence-corrected chi connectivity index (χ3v) is 4.77. The van der Waals surface area contributed by atoms with E-state index in [4.69, 9.17) is 4.74 Å². The maximum absolute atomic E-state index is 12.7. The molecule has 7 nitrogen and oxygen atoms in total. The average molecular weight is 340 g/mol. The Morgan fingerprint density at radius 1 is 1.36 bits per heavy atom. The molecule has 0 bridgehead atoms. The molecule has 0 spiro atoms. The minimum Gasteiger partial charge on any atom is -0.492 e. The van der Waals surface area contributed by atoms with Crippen molar-refractivity contribution in [1.29, 1.82) is 0 Å². The van der Waals surface area contributed by atoms with E-state index in [1.165, 1.54) is 6.20 Å². The van der Waals surface area contributed by atoms with E-state index >= 15 is 0 Å². The topological polar surface area (TPSA) is 87.3 Å². The second-order valence-electron chi connectivity index (χ2n) is 6.44. The van der Waals surface area contributed by atoms with Crippen molar-refractivity contribution in [3.05, 3.63) is 52.6 Å². The van der Waals surface area contributed by atoms with Crippen molar-refractivity contribution in [2.24, 2.45) is 0 Å². The quantitative estimate of drug-likeness (QED) is 0.871. The average Bonchev–Trinajstić information content (AvgIpc) is 3.06. The van der Waals surface area contributed by atoms with Gasteiger partial charge in [0.05, 0.1) is 0 Å². The van der Waals surface area contributed by atoms with Gasteiger partial charge < -0.3 is 19.9 Å². The number of ether oxygens (including phenoxy) is 1. The number of nitrogens with zero attached hydrogens (tertiary/aromatic N) is 2. The summed E-state index contributed by atoms with van der Waals surface area (Å²) in [4.78, 5) is 33.4. The zero-order chi connectivity index (χ0) is 17.2. The predicted molar refractivity (Wildman–Crippen MR) is 92.9 cm³/mol. The van der Waals surface area contributed by atoms with Crippen LogP contribution in [-0.2, 0) is 4.79 Å². The van der Waals surface area contributed by atoms with Gasteiger partial charge in [0, 0.05) is 37.1 Å². The summed E-state index contributed by atoms with van der Waals surface area (Å²) in [6.07, 6.45) is 4.89. The fraction of sp³-hybridized carbons (Fsp3) is 0.389. The van der Waals surface area contributed by atoms with Gasteiger partial charge in [0.2, 0.25) is 5.91 Å². The number of hydrogen-bond donors (Lipinski definition) is 2. The van der Waals surface area contributed by atoms with Crippen LogP contribution in [0.1, 0.15) is 24.3 Å². The molecule has 1 aromatic carbocycles. The minimum absolute atomic E-state index is 0.00424. The van der Waals surface area contributed by atoms with Crippen molar-refractivity contribution >= 4 is 11.7 Å². The van der Waals surface area contributed by atoms with Gasteiger partial charge in [-0.1, -0.05) is 18.2 Å². The molecule has 4 rings (SSSR count). The molecule has 2 N–H and O–H groups in total. The van der Waals surface area contributed by atoms with Crippen molar-refractivity contribution < 1.29 is 9.53 Å². The number of amides is 1. The normalized spacial score (nSPS) is 22.2. The molecule has 2 atom stereocenters. The predicted octanol–water partition coefficient (Wildman–Crippen LogP) is 1.03. The van der Waals surface area contributed by atoms with Crippen LogP contribution in [0.25, 0.3) is 0 Å². The van der Waals surface area contributed by atoms with Crippen LogP contribution in [0.2, 0.25) is 0 Å². The van der Waals surface area contributed by atoms with Crippen molar-refractivity contribution in [3.63, 3.8) is 0 Å². The number of piperidine rings is 1. The highest BCUT2D eigenvalue weighted by Crippen LogP contribution is 2.33. The lowest BCUT2D eigenvalue weighted by atomic mass is 9.99. The SMILES string of the molecule is O=C(N[C@H]1CCCN(c2ncc[nH]c2=O)C1)[C@H]1COc2ccccc21.